The third-order valence-electron chi connectivity index (χ3n) is 3.07. The first-order valence-electron chi connectivity index (χ1n) is 6.33. The van der Waals surface area contributed by atoms with E-state index in [4.69, 9.17) is 0 Å². The average molecular weight is 310 g/mol. The highest BCUT2D eigenvalue weighted by molar-refractivity contribution is 5.75. The number of hydrogen-bond acceptors (Lipinski definition) is 2. The van der Waals surface area contributed by atoms with Crippen molar-refractivity contribution in [1.29, 1.82) is 0 Å². The molecule has 115 valence electrons. The molecule has 0 heterocycles. The molecule has 0 aliphatic rings. The highest BCUT2D eigenvalue weighted by Crippen LogP contribution is 2.36. The van der Waals surface area contributed by atoms with Crippen LogP contribution < -0.4 is 5.32 Å². The Bertz CT molecular complexity index is 682. The maximum Gasteiger partial charge on any atom is 0.418 e. The maximum absolute atomic E-state index is 13.1. The van der Waals surface area contributed by atoms with Gasteiger partial charge in [0.2, 0.25) is 0 Å². The number of carbonyl (C=O) groups excluding carboxylic acids is 1. The number of hydrogen-bond donors (Lipinski definition) is 1. The molecule has 0 amide bonds. The van der Waals surface area contributed by atoms with Crippen molar-refractivity contribution in [2.45, 2.75) is 12.2 Å². The van der Waals surface area contributed by atoms with E-state index < -0.39 is 23.6 Å². The molecule has 0 fully saturated rings. The fourth-order valence-corrected chi connectivity index (χ4v) is 2.00. The van der Waals surface area contributed by atoms with Gasteiger partial charge in [-0.2, -0.15) is 13.2 Å². The lowest BCUT2D eigenvalue weighted by atomic mass is 10.0. The van der Waals surface area contributed by atoms with E-state index in [2.05, 4.69) is 12.2 Å². The molecule has 0 saturated heterocycles. The molecule has 1 atom stereocenters. The fraction of sp³-hybridized carbons (Fsp3) is 0.125. The van der Waals surface area contributed by atoms with Gasteiger partial charge in [0.05, 0.1) is 11.6 Å². The number of anilines is 1. The molecule has 2 aromatic carbocycles. The van der Waals surface area contributed by atoms with Crippen LogP contribution in [0, 0.1) is 12.7 Å². The molecule has 2 rings (SSSR count). The maximum atomic E-state index is 13.1. The van der Waals surface area contributed by atoms with E-state index in [9.17, 15) is 22.4 Å². The summed E-state index contributed by atoms with van der Waals surface area (Å²) in [6.07, 6.45) is -4.05. The van der Waals surface area contributed by atoms with Crippen LogP contribution >= 0.6 is 0 Å². The number of rotatable bonds is 4. The molecule has 22 heavy (non-hydrogen) atoms. The smallest absolute Gasteiger partial charge is 0.378 e. The Hall–Kier alpha value is -2.37. The van der Waals surface area contributed by atoms with Gasteiger partial charge in [0.25, 0.3) is 0 Å². The van der Waals surface area contributed by atoms with Crippen LogP contribution in [-0.4, -0.2) is 6.29 Å². The van der Waals surface area contributed by atoms with Crippen LogP contribution in [0.2, 0.25) is 0 Å². The van der Waals surface area contributed by atoms with Crippen molar-refractivity contribution in [3.8, 4) is 0 Å². The van der Waals surface area contributed by atoms with Crippen LogP contribution in [-0.2, 0) is 6.18 Å². The van der Waals surface area contributed by atoms with Crippen molar-refractivity contribution in [2.24, 2.45) is 0 Å². The van der Waals surface area contributed by atoms with Crippen molar-refractivity contribution in [3.05, 3.63) is 71.9 Å². The standard InChI is InChI=1S/C16H12F4NO/c1-10(12-4-2-3-11(7-12)9-22)21-15-6-5-13(17)8-14(15)16(18,19)20/h2-10,21H,1H2. The quantitative estimate of drug-likeness (QED) is 0.658. The SMILES string of the molecule is [CH2]C(Nc1ccc(F)cc1C(F)(F)F)c1cccc(C=O)c1. The molecular formula is C16H12F4NO. The predicted molar refractivity (Wildman–Crippen MR) is 75.0 cm³/mol. The molecule has 1 unspecified atom stereocenters. The van der Waals surface area contributed by atoms with Gasteiger partial charge >= 0.3 is 6.18 Å². The minimum atomic E-state index is -4.69. The van der Waals surface area contributed by atoms with Gasteiger partial charge in [-0.05, 0) is 36.8 Å². The zero-order valence-electron chi connectivity index (χ0n) is 11.3. The second kappa shape index (κ2) is 6.17. The van der Waals surface area contributed by atoms with Crippen LogP contribution in [0.15, 0.2) is 42.5 Å². The number of carbonyl (C=O) groups is 1. The van der Waals surface area contributed by atoms with E-state index in [0.717, 1.165) is 12.1 Å². The summed E-state index contributed by atoms with van der Waals surface area (Å²) in [6.45, 7) is 3.74. The lowest BCUT2D eigenvalue weighted by molar-refractivity contribution is -0.137. The van der Waals surface area contributed by atoms with Crippen molar-refractivity contribution in [1.82, 2.24) is 0 Å². The molecule has 2 aromatic rings. The summed E-state index contributed by atoms with van der Waals surface area (Å²) in [5, 5.41) is 2.60. The highest BCUT2D eigenvalue weighted by atomic mass is 19.4. The van der Waals surface area contributed by atoms with Crippen LogP contribution in [0.5, 0.6) is 0 Å². The van der Waals surface area contributed by atoms with Crippen molar-refractivity contribution in [2.75, 3.05) is 5.32 Å². The molecule has 0 aliphatic carbocycles. The lowest BCUT2D eigenvalue weighted by Crippen LogP contribution is -2.14. The first kappa shape index (κ1) is 16.0. The summed E-state index contributed by atoms with van der Waals surface area (Å²) in [7, 11) is 0. The number of nitrogens with one attached hydrogen (secondary N) is 1. The molecule has 0 aromatic heterocycles. The molecule has 6 heteroatoms. The molecule has 0 saturated carbocycles. The molecule has 0 aliphatic heterocycles. The van der Waals surface area contributed by atoms with E-state index in [1.807, 2.05) is 0 Å². The Morgan fingerprint density at radius 2 is 1.86 bits per heavy atom. The number of benzene rings is 2. The highest BCUT2D eigenvalue weighted by Gasteiger charge is 2.34. The zero-order valence-corrected chi connectivity index (χ0v) is 11.3. The van der Waals surface area contributed by atoms with Gasteiger partial charge in [-0.1, -0.05) is 18.2 Å². The number of halogens is 4. The summed E-state index contributed by atoms with van der Waals surface area (Å²) in [5.41, 5.74) is -0.441. The Labute approximate surface area is 124 Å². The molecule has 0 spiro atoms. The fourth-order valence-electron chi connectivity index (χ4n) is 2.00. The molecule has 1 N–H and O–H groups in total. The van der Waals surface area contributed by atoms with Gasteiger partial charge in [-0.15, -0.1) is 0 Å². The zero-order chi connectivity index (χ0) is 16.3. The van der Waals surface area contributed by atoms with E-state index in [1.165, 1.54) is 6.07 Å². The molecule has 1 radical (unpaired) electrons. The first-order valence-corrected chi connectivity index (χ1v) is 6.33. The van der Waals surface area contributed by atoms with E-state index in [-0.39, 0.29) is 5.69 Å². The van der Waals surface area contributed by atoms with Gasteiger partial charge < -0.3 is 5.32 Å². The van der Waals surface area contributed by atoms with Crippen molar-refractivity contribution in [3.63, 3.8) is 0 Å². The number of aldehydes is 1. The van der Waals surface area contributed by atoms with Crippen LogP contribution in [0.4, 0.5) is 23.2 Å². The molecule has 2 nitrogen and oxygen atoms in total. The van der Waals surface area contributed by atoms with E-state index >= 15 is 0 Å². The summed E-state index contributed by atoms with van der Waals surface area (Å²) < 4.78 is 51.8. The summed E-state index contributed by atoms with van der Waals surface area (Å²) in [6, 6.07) is 7.98. The Morgan fingerprint density at radius 1 is 1.14 bits per heavy atom. The lowest BCUT2D eigenvalue weighted by Gasteiger charge is -2.20. The van der Waals surface area contributed by atoms with E-state index in [1.54, 1.807) is 18.2 Å². The third kappa shape index (κ3) is 3.63. The topological polar surface area (TPSA) is 29.1 Å². The van der Waals surface area contributed by atoms with Gasteiger partial charge in [-0.3, -0.25) is 4.79 Å². The molecular weight excluding hydrogens is 298 g/mol. The summed E-state index contributed by atoms with van der Waals surface area (Å²) >= 11 is 0. The van der Waals surface area contributed by atoms with Crippen molar-refractivity contribution >= 4 is 12.0 Å². The summed E-state index contributed by atoms with van der Waals surface area (Å²) in [5.74, 6) is -0.971. The first-order chi connectivity index (χ1) is 10.3. The number of alkyl halides is 3. The largest absolute Gasteiger partial charge is 0.418 e. The Balaban J connectivity index is 2.32. The van der Waals surface area contributed by atoms with Crippen molar-refractivity contribution < 1.29 is 22.4 Å². The van der Waals surface area contributed by atoms with Crippen LogP contribution in [0.1, 0.15) is 27.5 Å². The van der Waals surface area contributed by atoms with E-state index in [0.29, 0.717) is 23.5 Å². The Morgan fingerprint density at radius 3 is 2.50 bits per heavy atom. The van der Waals surface area contributed by atoms with Gasteiger partial charge in [-0.25, -0.2) is 4.39 Å². The molecule has 0 bridgehead atoms. The Kier molecular flexibility index (Phi) is 4.49. The van der Waals surface area contributed by atoms with Gasteiger partial charge in [0.1, 0.15) is 12.1 Å². The third-order valence-corrected chi connectivity index (χ3v) is 3.07. The van der Waals surface area contributed by atoms with Crippen LogP contribution in [0.3, 0.4) is 0 Å². The average Bonchev–Trinajstić information content (AvgIpc) is 2.48. The minimum absolute atomic E-state index is 0.273. The second-order valence-corrected chi connectivity index (χ2v) is 4.67. The monoisotopic (exact) mass is 310 g/mol. The van der Waals surface area contributed by atoms with Gasteiger partial charge in [0, 0.05) is 11.3 Å². The summed E-state index contributed by atoms with van der Waals surface area (Å²) in [4.78, 5) is 10.7. The van der Waals surface area contributed by atoms with Gasteiger partial charge in [0.15, 0.2) is 0 Å². The van der Waals surface area contributed by atoms with Crippen LogP contribution in [0.25, 0.3) is 0 Å². The minimum Gasteiger partial charge on any atom is -0.378 e. The predicted octanol–water partition coefficient (Wildman–Crippen LogP) is 4.64. The normalized spacial score (nSPS) is 12.8. The second-order valence-electron chi connectivity index (χ2n) is 4.67.